The highest BCUT2D eigenvalue weighted by atomic mass is 15.3. The van der Waals surface area contributed by atoms with Crippen LogP contribution in [0, 0.1) is 0 Å². The molecule has 0 aromatic carbocycles. The summed E-state index contributed by atoms with van der Waals surface area (Å²) in [5.41, 5.74) is 1.21. The van der Waals surface area contributed by atoms with E-state index in [0.29, 0.717) is 12.1 Å². The number of nitrogens with zero attached hydrogens (tertiary/aromatic N) is 3. The van der Waals surface area contributed by atoms with Crippen molar-refractivity contribution in [2.75, 3.05) is 0 Å². The minimum Gasteiger partial charge on any atom is -0.306 e. The summed E-state index contributed by atoms with van der Waals surface area (Å²) in [5.74, 6) is 0. The van der Waals surface area contributed by atoms with Crippen LogP contribution in [0.4, 0.5) is 0 Å². The summed E-state index contributed by atoms with van der Waals surface area (Å²) in [6.07, 6.45) is 7.48. The molecule has 0 saturated carbocycles. The van der Waals surface area contributed by atoms with E-state index in [1.54, 1.807) is 12.4 Å². The Bertz CT molecular complexity index is 424. The predicted octanol–water partition coefficient (Wildman–Crippen LogP) is 2.02. The summed E-state index contributed by atoms with van der Waals surface area (Å²) >= 11 is 0. The smallest absolute Gasteiger partial charge is 0.0560 e. The maximum Gasteiger partial charge on any atom is 0.0560 e. The van der Waals surface area contributed by atoms with Gasteiger partial charge in [0.15, 0.2) is 0 Å². The van der Waals surface area contributed by atoms with Crippen molar-refractivity contribution in [2.45, 2.75) is 32.5 Å². The third-order valence-electron chi connectivity index (χ3n) is 2.74. The number of hydrogen-bond donors (Lipinski definition) is 1. The average molecular weight is 230 g/mol. The van der Waals surface area contributed by atoms with Gasteiger partial charge >= 0.3 is 0 Å². The monoisotopic (exact) mass is 230 g/mol. The van der Waals surface area contributed by atoms with E-state index in [1.807, 2.05) is 29.2 Å². The van der Waals surface area contributed by atoms with E-state index in [9.17, 15) is 0 Å². The molecule has 0 amide bonds. The van der Waals surface area contributed by atoms with Gasteiger partial charge in [-0.3, -0.25) is 9.67 Å². The van der Waals surface area contributed by atoms with Gasteiger partial charge in [-0.15, -0.1) is 0 Å². The molecule has 2 heterocycles. The van der Waals surface area contributed by atoms with Crippen LogP contribution in [0.25, 0.3) is 0 Å². The molecule has 0 aliphatic carbocycles. The van der Waals surface area contributed by atoms with Crippen molar-refractivity contribution in [1.82, 2.24) is 20.1 Å². The third-order valence-corrected chi connectivity index (χ3v) is 2.74. The van der Waals surface area contributed by atoms with Crippen molar-refractivity contribution < 1.29 is 0 Å². The second kappa shape index (κ2) is 5.59. The zero-order valence-electron chi connectivity index (χ0n) is 10.2. The first kappa shape index (κ1) is 11.8. The molecule has 2 unspecified atom stereocenters. The largest absolute Gasteiger partial charge is 0.306 e. The van der Waals surface area contributed by atoms with E-state index in [2.05, 4.69) is 35.3 Å². The van der Waals surface area contributed by atoms with Gasteiger partial charge in [0.2, 0.25) is 0 Å². The number of hydrogen-bond acceptors (Lipinski definition) is 3. The SMILES string of the molecule is CC(Cn1cccn1)NC(C)c1cccnc1. The Morgan fingerprint density at radius 2 is 2.18 bits per heavy atom. The van der Waals surface area contributed by atoms with Crippen molar-refractivity contribution in [3.8, 4) is 0 Å². The molecule has 0 aliphatic heterocycles. The molecule has 2 rings (SSSR count). The third kappa shape index (κ3) is 3.39. The van der Waals surface area contributed by atoms with Gasteiger partial charge in [0.1, 0.15) is 0 Å². The molecule has 2 aromatic heterocycles. The van der Waals surface area contributed by atoms with Crippen molar-refractivity contribution >= 4 is 0 Å². The number of nitrogens with one attached hydrogen (secondary N) is 1. The normalized spacial score (nSPS) is 14.5. The van der Waals surface area contributed by atoms with Gasteiger partial charge in [0.25, 0.3) is 0 Å². The van der Waals surface area contributed by atoms with E-state index in [1.165, 1.54) is 5.56 Å². The molecule has 2 atom stereocenters. The Kier molecular flexibility index (Phi) is 3.88. The van der Waals surface area contributed by atoms with Crippen LogP contribution in [0.5, 0.6) is 0 Å². The molecule has 0 bridgehead atoms. The molecule has 0 radical (unpaired) electrons. The maximum absolute atomic E-state index is 4.20. The quantitative estimate of drug-likeness (QED) is 0.854. The average Bonchev–Trinajstić information content (AvgIpc) is 2.82. The van der Waals surface area contributed by atoms with E-state index in [4.69, 9.17) is 0 Å². The van der Waals surface area contributed by atoms with Crippen molar-refractivity contribution in [2.24, 2.45) is 0 Å². The molecule has 4 nitrogen and oxygen atoms in total. The first-order valence-corrected chi connectivity index (χ1v) is 5.89. The van der Waals surface area contributed by atoms with E-state index >= 15 is 0 Å². The minimum atomic E-state index is 0.300. The van der Waals surface area contributed by atoms with Crippen LogP contribution in [0.2, 0.25) is 0 Å². The fourth-order valence-corrected chi connectivity index (χ4v) is 1.90. The summed E-state index contributed by atoms with van der Waals surface area (Å²) in [7, 11) is 0. The Balaban J connectivity index is 1.88. The highest BCUT2D eigenvalue weighted by molar-refractivity contribution is 5.12. The van der Waals surface area contributed by atoms with Gasteiger partial charge in [0, 0.05) is 36.9 Å². The summed E-state index contributed by atoms with van der Waals surface area (Å²) in [5, 5.41) is 7.73. The predicted molar refractivity (Wildman–Crippen MR) is 67.5 cm³/mol. The molecule has 17 heavy (non-hydrogen) atoms. The fourth-order valence-electron chi connectivity index (χ4n) is 1.90. The van der Waals surface area contributed by atoms with Crippen molar-refractivity contribution in [3.05, 3.63) is 48.5 Å². The van der Waals surface area contributed by atoms with Crippen LogP contribution in [0.1, 0.15) is 25.5 Å². The van der Waals surface area contributed by atoms with Gasteiger partial charge in [-0.1, -0.05) is 6.07 Å². The van der Waals surface area contributed by atoms with Crippen LogP contribution in [0.3, 0.4) is 0 Å². The summed E-state index contributed by atoms with van der Waals surface area (Å²) < 4.78 is 1.94. The Labute approximate surface area is 102 Å². The second-order valence-corrected chi connectivity index (χ2v) is 4.30. The fraction of sp³-hybridized carbons (Fsp3) is 0.385. The first-order valence-electron chi connectivity index (χ1n) is 5.89. The van der Waals surface area contributed by atoms with Gasteiger partial charge in [-0.2, -0.15) is 5.10 Å². The number of rotatable bonds is 5. The summed E-state index contributed by atoms with van der Waals surface area (Å²) in [6, 6.07) is 6.66. The lowest BCUT2D eigenvalue weighted by Gasteiger charge is -2.20. The zero-order chi connectivity index (χ0) is 12.1. The van der Waals surface area contributed by atoms with Gasteiger partial charge in [-0.25, -0.2) is 0 Å². The lowest BCUT2D eigenvalue weighted by molar-refractivity contribution is 0.412. The first-order chi connectivity index (χ1) is 8.25. The molecule has 0 saturated heterocycles. The lowest BCUT2D eigenvalue weighted by atomic mass is 10.1. The van der Waals surface area contributed by atoms with Crippen LogP contribution in [-0.2, 0) is 6.54 Å². The van der Waals surface area contributed by atoms with E-state index < -0.39 is 0 Å². The number of pyridine rings is 1. The Morgan fingerprint density at radius 3 is 2.82 bits per heavy atom. The molecule has 0 spiro atoms. The van der Waals surface area contributed by atoms with Crippen LogP contribution in [-0.4, -0.2) is 20.8 Å². The van der Waals surface area contributed by atoms with E-state index in [0.717, 1.165) is 6.54 Å². The molecule has 1 N–H and O–H groups in total. The Morgan fingerprint density at radius 1 is 1.29 bits per heavy atom. The van der Waals surface area contributed by atoms with E-state index in [-0.39, 0.29) is 0 Å². The highest BCUT2D eigenvalue weighted by Crippen LogP contribution is 2.10. The highest BCUT2D eigenvalue weighted by Gasteiger charge is 2.09. The van der Waals surface area contributed by atoms with Gasteiger partial charge < -0.3 is 5.32 Å². The zero-order valence-corrected chi connectivity index (χ0v) is 10.2. The van der Waals surface area contributed by atoms with Crippen molar-refractivity contribution in [3.63, 3.8) is 0 Å². The molecule has 0 fully saturated rings. The topological polar surface area (TPSA) is 42.7 Å². The molecule has 90 valence electrons. The molecule has 2 aromatic rings. The van der Waals surface area contributed by atoms with Gasteiger partial charge in [-0.05, 0) is 31.5 Å². The molecular weight excluding hydrogens is 212 g/mol. The standard InChI is InChI=1S/C13H18N4/c1-11(10-17-8-4-7-15-17)16-12(2)13-5-3-6-14-9-13/h3-9,11-12,16H,10H2,1-2H3. The molecular formula is C13H18N4. The summed E-state index contributed by atoms with van der Waals surface area (Å²) in [6.45, 7) is 5.18. The summed E-state index contributed by atoms with van der Waals surface area (Å²) in [4.78, 5) is 4.13. The van der Waals surface area contributed by atoms with Crippen molar-refractivity contribution in [1.29, 1.82) is 0 Å². The van der Waals surface area contributed by atoms with Crippen LogP contribution in [0.15, 0.2) is 43.0 Å². The van der Waals surface area contributed by atoms with Crippen LogP contribution >= 0.6 is 0 Å². The minimum absolute atomic E-state index is 0.300. The second-order valence-electron chi connectivity index (χ2n) is 4.30. The lowest BCUT2D eigenvalue weighted by Crippen LogP contribution is -2.32. The van der Waals surface area contributed by atoms with Crippen LogP contribution < -0.4 is 5.32 Å². The maximum atomic E-state index is 4.20. The molecule has 0 aliphatic rings. The number of aromatic nitrogens is 3. The molecule has 4 heteroatoms. The Hall–Kier alpha value is -1.68. The van der Waals surface area contributed by atoms with Gasteiger partial charge in [0.05, 0.1) is 6.54 Å².